The topological polar surface area (TPSA) is 59.4 Å². The second kappa shape index (κ2) is 4.08. The second-order valence-corrected chi connectivity index (χ2v) is 7.47. The summed E-state index contributed by atoms with van der Waals surface area (Å²) in [5.74, 6) is 0.241. The van der Waals surface area contributed by atoms with Crippen LogP contribution in [0.3, 0.4) is 0 Å². The summed E-state index contributed by atoms with van der Waals surface area (Å²) in [6, 6.07) is 5.16. The minimum Gasteiger partial charge on any atom is -0.312 e. The van der Waals surface area contributed by atoms with Crippen molar-refractivity contribution < 1.29 is 8.42 Å². The van der Waals surface area contributed by atoms with Gasteiger partial charge in [-0.2, -0.15) is 12.7 Å². The maximum Gasteiger partial charge on any atom is 0.299 e. The van der Waals surface area contributed by atoms with E-state index in [1.165, 1.54) is 4.31 Å². The first-order valence-corrected chi connectivity index (χ1v) is 8.11. The Labute approximate surface area is 110 Å². The van der Waals surface area contributed by atoms with Gasteiger partial charge in [0.2, 0.25) is 0 Å². The quantitative estimate of drug-likeness (QED) is 0.717. The molecule has 0 saturated carbocycles. The molecule has 7 heteroatoms. The standard InChI is InChI=1S/C11H13ClN2O3S/c12-18(16,17)13-5-8-4-9(7-13)10-2-1-3-11(15)14(10)6-8/h1-3,8-9H,4-7H2/t8-,9+/m0/s1. The molecule has 1 saturated heterocycles. The second-order valence-electron chi connectivity index (χ2n) is 4.96. The normalized spacial score (nSPS) is 27.8. The summed E-state index contributed by atoms with van der Waals surface area (Å²) in [6.07, 6.45) is 0.923. The highest BCUT2D eigenvalue weighted by molar-refractivity contribution is 8.11. The summed E-state index contributed by atoms with van der Waals surface area (Å²) in [7, 11) is 1.75. The van der Waals surface area contributed by atoms with E-state index in [1.54, 1.807) is 16.7 Å². The van der Waals surface area contributed by atoms with E-state index in [2.05, 4.69) is 0 Å². The highest BCUT2D eigenvalue weighted by atomic mass is 35.7. The van der Waals surface area contributed by atoms with E-state index < -0.39 is 9.24 Å². The van der Waals surface area contributed by atoms with Crippen molar-refractivity contribution in [2.75, 3.05) is 13.1 Å². The van der Waals surface area contributed by atoms with E-state index in [-0.39, 0.29) is 17.4 Å². The number of aromatic nitrogens is 1. The minimum absolute atomic E-state index is 0.00983. The van der Waals surface area contributed by atoms with Crippen LogP contribution in [-0.4, -0.2) is 30.4 Å². The van der Waals surface area contributed by atoms with Crippen molar-refractivity contribution in [2.24, 2.45) is 5.92 Å². The predicted molar refractivity (Wildman–Crippen MR) is 67.9 cm³/mol. The zero-order chi connectivity index (χ0) is 12.9. The van der Waals surface area contributed by atoms with E-state index in [0.29, 0.717) is 19.6 Å². The van der Waals surface area contributed by atoms with Gasteiger partial charge >= 0.3 is 0 Å². The lowest BCUT2D eigenvalue weighted by Crippen LogP contribution is -2.47. The molecule has 2 bridgehead atoms. The van der Waals surface area contributed by atoms with Crippen molar-refractivity contribution in [1.82, 2.24) is 8.87 Å². The van der Waals surface area contributed by atoms with Crippen LogP contribution in [0.1, 0.15) is 18.0 Å². The summed E-state index contributed by atoms with van der Waals surface area (Å²) >= 11 is 0. The highest BCUT2D eigenvalue weighted by Crippen LogP contribution is 2.36. The average Bonchev–Trinajstić information content (AvgIpc) is 2.29. The Bertz CT molecular complexity index is 640. The summed E-state index contributed by atoms with van der Waals surface area (Å²) in [4.78, 5) is 11.8. The van der Waals surface area contributed by atoms with Gasteiger partial charge in [0.25, 0.3) is 14.8 Å². The molecule has 2 aliphatic heterocycles. The average molecular weight is 289 g/mol. The molecule has 0 amide bonds. The third kappa shape index (κ3) is 1.98. The van der Waals surface area contributed by atoms with E-state index in [1.807, 2.05) is 6.07 Å². The Morgan fingerprint density at radius 1 is 1.22 bits per heavy atom. The zero-order valence-electron chi connectivity index (χ0n) is 9.62. The monoisotopic (exact) mass is 288 g/mol. The first-order chi connectivity index (χ1) is 8.45. The van der Waals surface area contributed by atoms with Crippen LogP contribution in [0.15, 0.2) is 23.0 Å². The number of nitrogens with zero attached hydrogens (tertiary/aromatic N) is 2. The Balaban J connectivity index is 2.02. The van der Waals surface area contributed by atoms with E-state index in [0.717, 1.165) is 12.1 Å². The molecule has 0 N–H and O–H groups in total. The van der Waals surface area contributed by atoms with Gasteiger partial charge < -0.3 is 4.57 Å². The molecule has 0 aromatic carbocycles. The molecule has 1 fully saturated rings. The fourth-order valence-electron chi connectivity index (χ4n) is 3.03. The molecule has 3 heterocycles. The van der Waals surface area contributed by atoms with Gasteiger partial charge in [-0.25, -0.2) is 0 Å². The van der Waals surface area contributed by atoms with Crippen molar-refractivity contribution in [1.29, 1.82) is 0 Å². The maximum atomic E-state index is 11.8. The minimum atomic E-state index is -3.66. The van der Waals surface area contributed by atoms with Gasteiger partial charge in [-0.1, -0.05) is 6.07 Å². The fourth-order valence-corrected chi connectivity index (χ4v) is 4.12. The van der Waals surface area contributed by atoms with E-state index in [4.69, 9.17) is 10.7 Å². The number of hydrogen-bond donors (Lipinski definition) is 0. The van der Waals surface area contributed by atoms with Gasteiger partial charge in [0.15, 0.2) is 0 Å². The predicted octanol–water partition coefficient (Wildman–Crippen LogP) is 0.751. The maximum absolute atomic E-state index is 11.8. The molecular weight excluding hydrogens is 276 g/mol. The van der Waals surface area contributed by atoms with Gasteiger partial charge in [-0.3, -0.25) is 4.79 Å². The Morgan fingerprint density at radius 3 is 2.72 bits per heavy atom. The van der Waals surface area contributed by atoms with Crippen molar-refractivity contribution >= 4 is 19.9 Å². The van der Waals surface area contributed by atoms with Crippen LogP contribution < -0.4 is 5.56 Å². The number of halogens is 1. The van der Waals surface area contributed by atoms with Crippen molar-refractivity contribution in [3.8, 4) is 0 Å². The SMILES string of the molecule is O=c1cccc2n1C[C@H]1C[C@@H]2CN(S(=O)(=O)Cl)C1. The third-order valence-corrected chi connectivity index (χ3v) is 5.26. The molecule has 5 nitrogen and oxygen atoms in total. The molecule has 2 aliphatic rings. The molecule has 2 atom stereocenters. The van der Waals surface area contributed by atoms with Crippen LogP contribution in [0.4, 0.5) is 0 Å². The van der Waals surface area contributed by atoms with E-state index in [9.17, 15) is 13.2 Å². The van der Waals surface area contributed by atoms with Crippen LogP contribution in [0, 0.1) is 5.92 Å². The molecule has 0 radical (unpaired) electrons. The molecule has 0 unspecified atom stereocenters. The first-order valence-electron chi connectivity index (χ1n) is 5.84. The fraction of sp³-hybridized carbons (Fsp3) is 0.545. The molecule has 0 spiro atoms. The van der Waals surface area contributed by atoms with Crippen molar-refractivity contribution in [3.63, 3.8) is 0 Å². The van der Waals surface area contributed by atoms with Crippen molar-refractivity contribution in [2.45, 2.75) is 18.9 Å². The van der Waals surface area contributed by atoms with Gasteiger partial charge in [0, 0.05) is 48.0 Å². The van der Waals surface area contributed by atoms with Gasteiger partial charge in [0.1, 0.15) is 0 Å². The number of rotatable bonds is 1. The van der Waals surface area contributed by atoms with Crippen LogP contribution in [0.25, 0.3) is 0 Å². The number of pyridine rings is 1. The molecule has 0 aliphatic carbocycles. The lowest BCUT2D eigenvalue weighted by atomic mass is 9.84. The summed E-state index contributed by atoms with van der Waals surface area (Å²) in [5, 5.41) is 0. The number of fused-ring (bicyclic) bond motifs is 4. The highest BCUT2D eigenvalue weighted by Gasteiger charge is 2.38. The molecule has 98 valence electrons. The third-order valence-electron chi connectivity index (χ3n) is 3.75. The van der Waals surface area contributed by atoms with Crippen LogP contribution in [0.2, 0.25) is 0 Å². The summed E-state index contributed by atoms with van der Waals surface area (Å²) in [5.41, 5.74) is 0.910. The first kappa shape index (κ1) is 12.2. The lowest BCUT2D eigenvalue weighted by molar-refractivity contribution is 0.188. The van der Waals surface area contributed by atoms with Crippen LogP contribution in [0.5, 0.6) is 0 Å². The molecular formula is C11H13ClN2O3S. The van der Waals surface area contributed by atoms with Gasteiger partial charge in [-0.15, -0.1) is 0 Å². The zero-order valence-corrected chi connectivity index (χ0v) is 11.2. The Hall–Kier alpha value is -0.850. The summed E-state index contributed by atoms with van der Waals surface area (Å²) < 4.78 is 25.9. The molecule has 3 rings (SSSR count). The van der Waals surface area contributed by atoms with Gasteiger partial charge in [-0.05, 0) is 18.4 Å². The Morgan fingerprint density at radius 2 is 2.00 bits per heavy atom. The smallest absolute Gasteiger partial charge is 0.299 e. The molecule has 18 heavy (non-hydrogen) atoms. The largest absolute Gasteiger partial charge is 0.312 e. The van der Waals surface area contributed by atoms with Crippen LogP contribution >= 0.6 is 10.7 Å². The molecule has 1 aromatic heterocycles. The van der Waals surface area contributed by atoms with Gasteiger partial charge in [0.05, 0.1) is 0 Å². The summed E-state index contributed by atoms with van der Waals surface area (Å²) in [6.45, 7) is 1.35. The number of piperidine rings is 1. The van der Waals surface area contributed by atoms with Crippen LogP contribution in [-0.2, 0) is 15.8 Å². The molecule has 1 aromatic rings. The van der Waals surface area contributed by atoms with E-state index >= 15 is 0 Å². The van der Waals surface area contributed by atoms with Crippen molar-refractivity contribution in [3.05, 3.63) is 34.2 Å². The Kier molecular flexibility index (Phi) is 2.76. The number of hydrogen-bond acceptors (Lipinski definition) is 3. The lowest BCUT2D eigenvalue weighted by Gasteiger charge is -2.41.